The second kappa shape index (κ2) is 5.60. The van der Waals surface area contributed by atoms with Crippen LogP contribution < -0.4 is 0 Å². The Kier molecular flexibility index (Phi) is 4.33. The maximum Gasteiger partial charge on any atom is 0.276 e. The lowest BCUT2D eigenvalue weighted by Gasteiger charge is -1.92. The summed E-state index contributed by atoms with van der Waals surface area (Å²) in [5.74, 6) is 1.53. The molecule has 0 saturated heterocycles. The first-order valence-electron chi connectivity index (χ1n) is 4.13. The lowest BCUT2D eigenvalue weighted by Crippen LogP contribution is -1.80. The van der Waals surface area contributed by atoms with Crippen LogP contribution in [0, 0.1) is 18.3 Å². The molecule has 13 heavy (non-hydrogen) atoms. The highest BCUT2D eigenvalue weighted by atomic mass is 32.2. The van der Waals surface area contributed by atoms with E-state index in [1.165, 1.54) is 0 Å². The van der Waals surface area contributed by atoms with Crippen molar-refractivity contribution >= 4 is 11.8 Å². The summed E-state index contributed by atoms with van der Waals surface area (Å²) in [7, 11) is 0. The van der Waals surface area contributed by atoms with Gasteiger partial charge in [-0.1, -0.05) is 11.8 Å². The molecule has 0 spiro atoms. The average Bonchev–Trinajstić information content (AvgIpc) is 2.51. The number of nitriles is 1. The number of hydrogen-bond acceptors (Lipinski definition) is 5. The van der Waals surface area contributed by atoms with Crippen LogP contribution in [-0.2, 0) is 0 Å². The first kappa shape index (κ1) is 10.1. The Bertz CT molecular complexity index is 292. The third-order valence-corrected chi connectivity index (χ3v) is 2.32. The number of unbranched alkanes of at least 4 members (excludes halogenated alkanes) is 2. The number of nitrogens with zero attached hydrogens (tertiary/aromatic N) is 3. The zero-order valence-electron chi connectivity index (χ0n) is 7.49. The van der Waals surface area contributed by atoms with E-state index >= 15 is 0 Å². The number of aryl methyl sites for hydroxylation is 1. The number of hydrogen-bond donors (Lipinski definition) is 0. The molecule has 5 heteroatoms. The highest BCUT2D eigenvalue weighted by molar-refractivity contribution is 7.99. The smallest absolute Gasteiger partial charge is 0.276 e. The van der Waals surface area contributed by atoms with Gasteiger partial charge in [-0.2, -0.15) is 5.26 Å². The molecular formula is C8H11N3OS. The SMILES string of the molecule is Cc1nnc(SCCCCC#N)o1. The van der Waals surface area contributed by atoms with E-state index in [9.17, 15) is 0 Å². The molecule has 0 fully saturated rings. The van der Waals surface area contributed by atoms with E-state index in [0.717, 1.165) is 18.6 Å². The largest absolute Gasteiger partial charge is 0.416 e. The second-order valence-electron chi connectivity index (χ2n) is 2.55. The van der Waals surface area contributed by atoms with Gasteiger partial charge >= 0.3 is 0 Å². The summed E-state index contributed by atoms with van der Waals surface area (Å²) in [6.45, 7) is 1.77. The summed E-state index contributed by atoms with van der Waals surface area (Å²) in [6, 6.07) is 2.11. The molecule has 70 valence electrons. The van der Waals surface area contributed by atoms with Crippen molar-refractivity contribution in [3.8, 4) is 6.07 Å². The Morgan fingerprint density at radius 1 is 1.46 bits per heavy atom. The molecule has 1 rings (SSSR count). The first-order valence-corrected chi connectivity index (χ1v) is 5.11. The van der Waals surface area contributed by atoms with Crippen molar-refractivity contribution in [3.63, 3.8) is 0 Å². The highest BCUT2D eigenvalue weighted by Crippen LogP contribution is 2.17. The number of thioether (sulfide) groups is 1. The predicted molar refractivity (Wildman–Crippen MR) is 49.2 cm³/mol. The standard InChI is InChI=1S/C8H11N3OS/c1-7-10-11-8(12-7)13-6-4-2-3-5-9/h2-4,6H2,1H3. The van der Waals surface area contributed by atoms with Gasteiger partial charge in [0.15, 0.2) is 0 Å². The van der Waals surface area contributed by atoms with Gasteiger partial charge in [-0.05, 0) is 12.8 Å². The molecule has 0 aromatic carbocycles. The van der Waals surface area contributed by atoms with Crippen molar-refractivity contribution in [2.24, 2.45) is 0 Å². The molecule has 1 aromatic rings. The Morgan fingerprint density at radius 2 is 2.31 bits per heavy atom. The average molecular weight is 197 g/mol. The van der Waals surface area contributed by atoms with Crippen LogP contribution in [0.4, 0.5) is 0 Å². The van der Waals surface area contributed by atoms with Gasteiger partial charge in [-0.3, -0.25) is 0 Å². The van der Waals surface area contributed by atoms with Crippen molar-refractivity contribution in [1.82, 2.24) is 10.2 Å². The van der Waals surface area contributed by atoms with Crippen molar-refractivity contribution in [1.29, 1.82) is 5.26 Å². The third-order valence-electron chi connectivity index (χ3n) is 1.42. The van der Waals surface area contributed by atoms with E-state index < -0.39 is 0 Å². The van der Waals surface area contributed by atoms with Crippen LogP contribution in [0.15, 0.2) is 9.64 Å². The van der Waals surface area contributed by atoms with Crippen LogP contribution in [0.1, 0.15) is 25.2 Å². The fourth-order valence-corrected chi connectivity index (χ4v) is 1.60. The zero-order valence-corrected chi connectivity index (χ0v) is 8.30. The van der Waals surface area contributed by atoms with Crippen molar-refractivity contribution in [3.05, 3.63) is 5.89 Å². The molecule has 0 bridgehead atoms. The lowest BCUT2D eigenvalue weighted by atomic mass is 10.3. The third kappa shape index (κ3) is 3.95. The molecule has 0 unspecified atom stereocenters. The fourth-order valence-electron chi connectivity index (χ4n) is 0.802. The van der Waals surface area contributed by atoms with E-state index in [1.807, 2.05) is 0 Å². The molecule has 0 atom stereocenters. The molecule has 0 N–H and O–H groups in total. The zero-order chi connectivity index (χ0) is 9.52. The monoisotopic (exact) mass is 197 g/mol. The number of aromatic nitrogens is 2. The van der Waals surface area contributed by atoms with Gasteiger partial charge < -0.3 is 4.42 Å². The highest BCUT2D eigenvalue weighted by Gasteiger charge is 2.01. The van der Waals surface area contributed by atoms with Crippen LogP contribution in [0.3, 0.4) is 0 Å². The van der Waals surface area contributed by atoms with Crippen LogP contribution in [0.25, 0.3) is 0 Å². The van der Waals surface area contributed by atoms with Gasteiger partial charge in [0.05, 0.1) is 6.07 Å². The second-order valence-corrected chi connectivity index (χ2v) is 3.60. The van der Waals surface area contributed by atoms with E-state index in [4.69, 9.17) is 9.68 Å². The van der Waals surface area contributed by atoms with Crippen molar-refractivity contribution in [2.45, 2.75) is 31.4 Å². The summed E-state index contributed by atoms with van der Waals surface area (Å²) in [4.78, 5) is 0. The molecule has 0 amide bonds. The van der Waals surface area contributed by atoms with E-state index in [0.29, 0.717) is 17.5 Å². The Hall–Kier alpha value is -1.02. The molecular weight excluding hydrogens is 186 g/mol. The Labute approximate surface area is 81.3 Å². The Balaban J connectivity index is 2.10. The van der Waals surface area contributed by atoms with Gasteiger partial charge in [0.2, 0.25) is 5.89 Å². The maximum absolute atomic E-state index is 8.29. The molecule has 0 radical (unpaired) electrons. The van der Waals surface area contributed by atoms with Gasteiger partial charge in [-0.15, -0.1) is 10.2 Å². The van der Waals surface area contributed by atoms with Crippen LogP contribution in [0.2, 0.25) is 0 Å². The van der Waals surface area contributed by atoms with Crippen LogP contribution in [0.5, 0.6) is 0 Å². The summed E-state index contributed by atoms with van der Waals surface area (Å²) in [5, 5.41) is 16.5. The topological polar surface area (TPSA) is 62.7 Å². The van der Waals surface area contributed by atoms with E-state index in [-0.39, 0.29) is 0 Å². The first-order chi connectivity index (χ1) is 6.33. The van der Waals surface area contributed by atoms with Gasteiger partial charge in [0, 0.05) is 19.1 Å². The van der Waals surface area contributed by atoms with Crippen LogP contribution >= 0.6 is 11.8 Å². The van der Waals surface area contributed by atoms with Gasteiger partial charge in [0.25, 0.3) is 5.22 Å². The minimum atomic E-state index is 0.597. The van der Waals surface area contributed by atoms with E-state index in [2.05, 4.69) is 16.3 Å². The minimum absolute atomic E-state index is 0.597. The van der Waals surface area contributed by atoms with Crippen molar-refractivity contribution in [2.75, 3.05) is 5.75 Å². The van der Waals surface area contributed by atoms with E-state index in [1.54, 1.807) is 18.7 Å². The maximum atomic E-state index is 8.29. The molecule has 0 aliphatic heterocycles. The minimum Gasteiger partial charge on any atom is -0.416 e. The quantitative estimate of drug-likeness (QED) is 0.534. The molecule has 0 aliphatic rings. The molecule has 1 heterocycles. The normalized spacial score (nSPS) is 9.85. The summed E-state index contributed by atoms with van der Waals surface area (Å²) < 4.78 is 5.17. The summed E-state index contributed by atoms with van der Waals surface area (Å²) in [5.41, 5.74) is 0. The number of rotatable bonds is 5. The fraction of sp³-hybridized carbons (Fsp3) is 0.625. The summed E-state index contributed by atoms with van der Waals surface area (Å²) >= 11 is 1.54. The molecule has 0 aliphatic carbocycles. The molecule has 4 nitrogen and oxygen atoms in total. The van der Waals surface area contributed by atoms with Gasteiger partial charge in [0.1, 0.15) is 0 Å². The van der Waals surface area contributed by atoms with Crippen LogP contribution in [-0.4, -0.2) is 16.0 Å². The lowest BCUT2D eigenvalue weighted by molar-refractivity contribution is 0.429. The summed E-state index contributed by atoms with van der Waals surface area (Å²) in [6.07, 6.45) is 2.58. The predicted octanol–water partition coefficient (Wildman–Crippen LogP) is 2.16. The molecule has 1 aromatic heterocycles. The molecule has 0 saturated carbocycles. The van der Waals surface area contributed by atoms with Gasteiger partial charge in [-0.25, -0.2) is 0 Å². The van der Waals surface area contributed by atoms with Crippen molar-refractivity contribution < 1.29 is 4.42 Å². The Morgan fingerprint density at radius 3 is 2.92 bits per heavy atom.